The second-order valence-corrected chi connectivity index (χ2v) is 8.13. The summed E-state index contributed by atoms with van der Waals surface area (Å²) < 4.78 is 10.8. The van der Waals surface area contributed by atoms with Crippen molar-refractivity contribution >= 4 is 28.9 Å². The summed E-state index contributed by atoms with van der Waals surface area (Å²) >= 11 is 0. The Kier molecular flexibility index (Phi) is 9.65. The van der Waals surface area contributed by atoms with Crippen molar-refractivity contribution in [3.05, 3.63) is 71.8 Å². The topological polar surface area (TPSA) is 77.0 Å². The van der Waals surface area contributed by atoms with Gasteiger partial charge in [0.2, 0.25) is 5.91 Å². The van der Waals surface area contributed by atoms with Crippen LogP contribution in [0.1, 0.15) is 67.8 Å². The molecule has 1 amide bonds. The van der Waals surface area contributed by atoms with Crippen LogP contribution in [0.2, 0.25) is 0 Å². The molecule has 0 bridgehead atoms. The number of carbonyl (C=O) groups is 2. The summed E-state index contributed by atoms with van der Waals surface area (Å²) in [5, 5.41) is 6.00. The van der Waals surface area contributed by atoms with E-state index in [2.05, 4.69) is 17.5 Å². The lowest BCUT2D eigenvalue weighted by Gasteiger charge is -2.11. The van der Waals surface area contributed by atoms with Crippen molar-refractivity contribution in [1.82, 2.24) is 5.43 Å². The number of nitrogens with zero attached hydrogens (tertiary/aromatic N) is 1. The third kappa shape index (κ3) is 7.17. The number of esters is 1. The molecule has 3 aromatic carbocycles. The van der Waals surface area contributed by atoms with E-state index in [0.717, 1.165) is 30.0 Å². The highest BCUT2D eigenvalue weighted by Crippen LogP contribution is 2.27. The van der Waals surface area contributed by atoms with Crippen LogP contribution < -0.4 is 14.9 Å². The molecule has 0 aliphatic carbocycles. The van der Waals surface area contributed by atoms with Crippen LogP contribution in [0, 0.1) is 0 Å². The average Bonchev–Trinajstić information content (AvgIpc) is 2.87. The van der Waals surface area contributed by atoms with Crippen LogP contribution in [0.3, 0.4) is 0 Å². The maximum absolute atomic E-state index is 12.7. The van der Waals surface area contributed by atoms with Crippen molar-refractivity contribution in [3.8, 4) is 11.5 Å². The Morgan fingerprint density at radius 2 is 1.65 bits per heavy atom. The molecule has 0 aliphatic rings. The molecule has 0 spiro atoms. The number of ether oxygens (including phenoxy) is 2. The molecule has 0 heterocycles. The molecule has 0 aromatic heterocycles. The molecule has 0 atom stereocenters. The molecule has 0 radical (unpaired) electrons. The van der Waals surface area contributed by atoms with Gasteiger partial charge in [0, 0.05) is 12.0 Å². The number of unbranched alkanes of at least 4 members (excludes halogenated alkanes) is 5. The summed E-state index contributed by atoms with van der Waals surface area (Å²) in [6, 6.07) is 18.1. The van der Waals surface area contributed by atoms with Gasteiger partial charge in [-0.2, -0.15) is 5.10 Å². The van der Waals surface area contributed by atoms with Crippen LogP contribution in [-0.4, -0.2) is 25.2 Å². The smallest absolute Gasteiger partial charge is 0.343 e. The van der Waals surface area contributed by atoms with Crippen molar-refractivity contribution < 1.29 is 19.1 Å². The number of hydrazone groups is 1. The first-order chi connectivity index (χ1) is 16.6. The highest BCUT2D eigenvalue weighted by Gasteiger charge is 2.14. The summed E-state index contributed by atoms with van der Waals surface area (Å²) in [5.74, 6) is 0.420. The van der Waals surface area contributed by atoms with E-state index in [1.54, 1.807) is 37.4 Å². The minimum Gasteiger partial charge on any atom is -0.497 e. The van der Waals surface area contributed by atoms with Crippen LogP contribution in [0.15, 0.2) is 65.8 Å². The van der Waals surface area contributed by atoms with Gasteiger partial charge < -0.3 is 9.47 Å². The molecule has 34 heavy (non-hydrogen) atoms. The second-order valence-electron chi connectivity index (χ2n) is 8.13. The summed E-state index contributed by atoms with van der Waals surface area (Å²) in [7, 11) is 1.57. The fourth-order valence-electron chi connectivity index (χ4n) is 3.67. The zero-order chi connectivity index (χ0) is 24.2. The van der Waals surface area contributed by atoms with Gasteiger partial charge in [-0.3, -0.25) is 4.79 Å². The minimum absolute atomic E-state index is 0.122. The monoisotopic (exact) mass is 460 g/mol. The van der Waals surface area contributed by atoms with Crippen molar-refractivity contribution in [2.45, 2.75) is 51.9 Å². The van der Waals surface area contributed by atoms with E-state index in [9.17, 15) is 9.59 Å². The van der Waals surface area contributed by atoms with E-state index in [0.29, 0.717) is 29.0 Å². The van der Waals surface area contributed by atoms with Crippen LogP contribution in [0.5, 0.6) is 11.5 Å². The molecule has 0 saturated heterocycles. The molecular weight excluding hydrogens is 428 g/mol. The Morgan fingerprint density at radius 3 is 2.41 bits per heavy atom. The van der Waals surface area contributed by atoms with E-state index in [1.165, 1.54) is 25.5 Å². The average molecular weight is 461 g/mol. The van der Waals surface area contributed by atoms with Gasteiger partial charge >= 0.3 is 5.97 Å². The lowest BCUT2D eigenvalue weighted by atomic mass is 10.0. The van der Waals surface area contributed by atoms with E-state index < -0.39 is 5.97 Å². The third-order valence-corrected chi connectivity index (χ3v) is 5.60. The number of carbonyl (C=O) groups excluding carboxylic acids is 2. The largest absolute Gasteiger partial charge is 0.497 e. The molecule has 0 fully saturated rings. The van der Waals surface area contributed by atoms with Crippen molar-refractivity contribution in [2.75, 3.05) is 7.11 Å². The fourth-order valence-corrected chi connectivity index (χ4v) is 3.67. The number of fused-ring (bicyclic) bond motifs is 1. The highest BCUT2D eigenvalue weighted by atomic mass is 16.5. The van der Waals surface area contributed by atoms with E-state index >= 15 is 0 Å². The number of hydrogen-bond donors (Lipinski definition) is 1. The Morgan fingerprint density at radius 1 is 0.912 bits per heavy atom. The van der Waals surface area contributed by atoms with Gasteiger partial charge in [0.05, 0.1) is 18.9 Å². The maximum atomic E-state index is 12.7. The van der Waals surface area contributed by atoms with Crippen molar-refractivity contribution in [1.29, 1.82) is 0 Å². The van der Waals surface area contributed by atoms with Crippen LogP contribution >= 0.6 is 0 Å². The Labute approximate surface area is 201 Å². The molecular formula is C28H32N2O4. The minimum atomic E-state index is -0.486. The molecule has 0 unspecified atom stereocenters. The standard InChI is InChI=1S/C28H32N2O4/c1-3-4-5-6-7-8-13-27(31)30-29-20-25-24-12-10-9-11-21(24)16-19-26(25)34-28(32)22-14-17-23(33-2)18-15-22/h9-12,14-20H,3-8,13H2,1-2H3,(H,30,31). The second kappa shape index (κ2) is 13.1. The van der Waals surface area contributed by atoms with E-state index in [-0.39, 0.29) is 5.91 Å². The highest BCUT2D eigenvalue weighted by molar-refractivity contribution is 6.04. The Hall–Kier alpha value is -3.67. The summed E-state index contributed by atoms with van der Waals surface area (Å²) in [6.07, 6.45) is 8.71. The van der Waals surface area contributed by atoms with Crippen LogP contribution in [0.25, 0.3) is 10.8 Å². The number of hydrogen-bond acceptors (Lipinski definition) is 5. The first-order valence-corrected chi connectivity index (χ1v) is 11.8. The van der Waals surface area contributed by atoms with Crippen LogP contribution in [-0.2, 0) is 4.79 Å². The van der Waals surface area contributed by atoms with Gasteiger partial charge in [-0.25, -0.2) is 10.2 Å². The first-order valence-electron chi connectivity index (χ1n) is 11.8. The summed E-state index contributed by atoms with van der Waals surface area (Å²) in [4.78, 5) is 24.9. The molecule has 0 saturated carbocycles. The first kappa shape index (κ1) is 25.0. The Balaban J connectivity index is 1.69. The molecule has 1 N–H and O–H groups in total. The molecule has 178 valence electrons. The lowest BCUT2D eigenvalue weighted by Crippen LogP contribution is -2.17. The number of rotatable bonds is 12. The van der Waals surface area contributed by atoms with Crippen LogP contribution in [0.4, 0.5) is 0 Å². The van der Waals surface area contributed by atoms with E-state index in [1.807, 2.05) is 30.3 Å². The van der Waals surface area contributed by atoms with E-state index in [4.69, 9.17) is 9.47 Å². The maximum Gasteiger partial charge on any atom is 0.343 e. The van der Waals surface area contributed by atoms with Gasteiger partial charge in [-0.05, 0) is 47.5 Å². The zero-order valence-electron chi connectivity index (χ0n) is 19.9. The van der Waals surface area contributed by atoms with Crippen molar-refractivity contribution in [3.63, 3.8) is 0 Å². The van der Waals surface area contributed by atoms with Gasteiger partial charge in [-0.15, -0.1) is 0 Å². The fraction of sp³-hybridized carbons (Fsp3) is 0.321. The SMILES string of the molecule is CCCCCCCCC(=O)NN=Cc1c(OC(=O)c2ccc(OC)cc2)ccc2ccccc12. The summed E-state index contributed by atoms with van der Waals surface area (Å²) in [5.41, 5.74) is 3.63. The number of nitrogens with one attached hydrogen (secondary N) is 1. The normalized spacial score (nSPS) is 11.0. The number of methoxy groups -OCH3 is 1. The molecule has 3 aromatic rings. The van der Waals surface area contributed by atoms with Gasteiger partial charge in [0.15, 0.2) is 0 Å². The number of benzene rings is 3. The molecule has 6 heteroatoms. The van der Waals surface area contributed by atoms with Crippen molar-refractivity contribution in [2.24, 2.45) is 5.10 Å². The predicted molar refractivity (Wildman–Crippen MR) is 136 cm³/mol. The predicted octanol–water partition coefficient (Wildman–Crippen LogP) is 6.27. The Bertz CT molecular complexity index is 1120. The quantitative estimate of drug-likeness (QED) is 0.114. The third-order valence-electron chi connectivity index (χ3n) is 5.60. The van der Waals surface area contributed by atoms with Gasteiger partial charge in [0.1, 0.15) is 11.5 Å². The lowest BCUT2D eigenvalue weighted by molar-refractivity contribution is -0.121. The molecule has 6 nitrogen and oxygen atoms in total. The molecule has 3 rings (SSSR count). The van der Waals surface area contributed by atoms with Gasteiger partial charge in [-0.1, -0.05) is 69.4 Å². The number of amides is 1. The summed E-state index contributed by atoms with van der Waals surface area (Å²) in [6.45, 7) is 2.19. The van der Waals surface area contributed by atoms with Gasteiger partial charge in [0.25, 0.3) is 0 Å². The zero-order valence-corrected chi connectivity index (χ0v) is 19.9. The molecule has 0 aliphatic heterocycles.